The van der Waals surface area contributed by atoms with Crippen LogP contribution in [0.3, 0.4) is 0 Å². The molecule has 2 aromatic rings. The maximum absolute atomic E-state index is 13.4. The minimum Gasteiger partial charge on any atom is -0.497 e. The third kappa shape index (κ3) is 3.58. The molecule has 3 heterocycles. The molecule has 1 aliphatic carbocycles. The Morgan fingerprint density at radius 2 is 1.97 bits per heavy atom. The number of allylic oxidation sites excluding steroid dienone is 2. The number of anilines is 2. The summed E-state index contributed by atoms with van der Waals surface area (Å²) in [4.78, 5) is 36.5. The highest BCUT2D eigenvalue weighted by atomic mass is 16.5. The molecule has 1 unspecified atom stereocenters. The SMILES string of the molecule is COc1cccc(C2C3=C(CC(C)(C)CC3=O)Nc3nc(N4CCOCC4)[nH]c(=O)c32)c1. The summed E-state index contributed by atoms with van der Waals surface area (Å²) in [5.74, 6) is 1.31. The standard InChI is InChI=1S/C24H28N4O4/c1-24(2)12-16-19(17(29)13-24)18(14-5-4-6-15(11-14)31-3)20-21(25-16)26-23(27-22(20)30)28-7-9-32-10-8-28/h4-6,11,18H,7-10,12-13H2,1-3H3,(H2,25,26,27,30). The fraction of sp³-hybridized carbons (Fsp3) is 0.458. The highest BCUT2D eigenvalue weighted by molar-refractivity contribution is 6.01. The predicted molar refractivity (Wildman–Crippen MR) is 121 cm³/mol. The normalized spacial score (nSPS) is 22.2. The van der Waals surface area contributed by atoms with E-state index < -0.39 is 5.92 Å². The summed E-state index contributed by atoms with van der Waals surface area (Å²) in [6.45, 7) is 6.71. The topological polar surface area (TPSA) is 96.5 Å². The average molecular weight is 437 g/mol. The van der Waals surface area contributed by atoms with Crippen LogP contribution in [0.5, 0.6) is 5.75 Å². The van der Waals surface area contributed by atoms with E-state index in [1.807, 2.05) is 29.2 Å². The van der Waals surface area contributed by atoms with E-state index in [4.69, 9.17) is 14.5 Å². The molecule has 168 valence electrons. The number of aromatic amines is 1. The number of nitrogens with one attached hydrogen (secondary N) is 2. The van der Waals surface area contributed by atoms with Crippen LogP contribution in [0.1, 0.15) is 43.7 Å². The lowest BCUT2D eigenvalue weighted by Gasteiger charge is -2.39. The predicted octanol–water partition coefficient (Wildman–Crippen LogP) is 2.82. The third-order valence-electron chi connectivity index (χ3n) is 6.45. The molecular formula is C24H28N4O4. The molecule has 8 nitrogen and oxygen atoms in total. The molecule has 0 saturated carbocycles. The number of Topliss-reactive ketones (excluding diaryl/α,β-unsaturated/α-hetero) is 1. The highest BCUT2D eigenvalue weighted by Gasteiger charge is 2.42. The molecule has 2 aliphatic heterocycles. The van der Waals surface area contributed by atoms with Crippen molar-refractivity contribution in [1.29, 1.82) is 0 Å². The first-order chi connectivity index (χ1) is 15.4. The summed E-state index contributed by atoms with van der Waals surface area (Å²) in [5.41, 5.74) is 2.45. The van der Waals surface area contributed by atoms with E-state index in [9.17, 15) is 9.59 Å². The van der Waals surface area contributed by atoms with E-state index in [1.54, 1.807) is 7.11 Å². The summed E-state index contributed by atoms with van der Waals surface area (Å²) >= 11 is 0. The van der Waals surface area contributed by atoms with Crippen LogP contribution in [-0.4, -0.2) is 49.2 Å². The molecule has 5 rings (SSSR count). The molecular weight excluding hydrogens is 408 g/mol. The molecule has 3 aliphatic rings. The lowest BCUT2D eigenvalue weighted by Crippen LogP contribution is -2.40. The highest BCUT2D eigenvalue weighted by Crippen LogP contribution is 2.48. The zero-order chi connectivity index (χ0) is 22.5. The van der Waals surface area contributed by atoms with Crippen molar-refractivity contribution >= 4 is 17.5 Å². The molecule has 0 bridgehead atoms. The van der Waals surface area contributed by atoms with Gasteiger partial charge in [-0.2, -0.15) is 4.98 Å². The average Bonchev–Trinajstić information content (AvgIpc) is 2.77. The number of fused-ring (bicyclic) bond motifs is 1. The number of ketones is 1. The molecule has 1 atom stereocenters. The second-order valence-electron chi connectivity index (χ2n) is 9.42. The van der Waals surface area contributed by atoms with E-state index in [2.05, 4.69) is 24.1 Å². The minimum absolute atomic E-state index is 0.0684. The third-order valence-corrected chi connectivity index (χ3v) is 6.45. The molecule has 0 amide bonds. The number of hydrogen-bond donors (Lipinski definition) is 2. The Morgan fingerprint density at radius 1 is 1.19 bits per heavy atom. The number of H-pyrrole nitrogens is 1. The number of methoxy groups -OCH3 is 1. The molecule has 1 fully saturated rings. The van der Waals surface area contributed by atoms with Crippen molar-refractivity contribution in [2.24, 2.45) is 5.41 Å². The summed E-state index contributed by atoms with van der Waals surface area (Å²) in [7, 11) is 1.61. The smallest absolute Gasteiger partial charge is 0.258 e. The van der Waals surface area contributed by atoms with Gasteiger partial charge >= 0.3 is 0 Å². The first-order valence-corrected chi connectivity index (χ1v) is 11.0. The van der Waals surface area contributed by atoms with Crippen LogP contribution in [0.25, 0.3) is 0 Å². The second-order valence-corrected chi connectivity index (χ2v) is 9.42. The van der Waals surface area contributed by atoms with Crippen LogP contribution in [-0.2, 0) is 9.53 Å². The van der Waals surface area contributed by atoms with Gasteiger partial charge in [-0.05, 0) is 29.5 Å². The van der Waals surface area contributed by atoms with Crippen molar-refractivity contribution in [2.75, 3.05) is 43.6 Å². The molecule has 32 heavy (non-hydrogen) atoms. The number of rotatable bonds is 3. The van der Waals surface area contributed by atoms with Gasteiger partial charge in [0.15, 0.2) is 5.78 Å². The summed E-state index contributed by atoms with van der Waals surface area (Å²) < 4.78 is 10.9. The van der Waals surface area contributed by atoms with Crippen LogP contribution in [0.15, 0.2) is 40.3 Å². The lowest BCUT2D eigenvalue weighted by atomic mass is 9.69. The van der Waals surface area contributed by atoms with Crippen LogP contribution in [0.4, 0.5) is 11.8 Å². The molecule has 0 radical (unpaired) electrons. The molecule has 1 saturated heterocycles. The monoisotopic (exact) mass is 436 g/mol. The van der Waals surface area contributed by atoms with Crippen molar-refractivity contribution < 1.29 is 14.3 Å². The van der Waals surface area contributed by atoms with Crippen LogP contribution in [0.2, 0.25) is 0 Å². The Morgan fingerprint density at radius 3 is 2.72 bits per heavy atom. The molecule has 8 heteroatoms. The largest absolute Gasteiger partial charge is 0.497 e. The quantitative estimate of drug-likeness (QED) is 0.764. The van der Waals surface area contributed by atoms with Crippen LogP contribution in [0, 0.1) is 5.41 Å². The zero-order valence-electron chi connectivity index (χ0n) is 18.7. The number of benzene rings is 1. The van der Waals surface area contributed by atoms with Gasteiger partial charge in [0.2, 0.25) is 5.95 Å². The lowest BCUT2D eigenvalue weighted by molar-refractivity contribution is -0.118. The Bertz CT molecular complexity index is 1160. The Kier molecular flexibility index (Phi) is 5.04. The Labute approximate surface area is 186 Å². The minimum atomic E-state index is -0.491. The Hall–Kier alpha value is -3.13. The number of nitrogens with zero attached hydrogens (tertiary/aromatic N) is 2. The number of hydrogen-bond acceptors (Lipinski definition) is 7. The summed E-state index contributed by atoms with van der Waals surface area (Å²) in [6, 6.07) is 7.58. The number of ether oxygens (including phenoxy) is 2. The van der Waals surface area contributed by atoms with E-state index in [0.717, 1.165) is 17.7 Å². The van der Waals surface area contributed by atoms with Crippen LogP contribution >= 0.6 is 0 Å². The van der Waals surface area contributed by atoms with E-state index >= 15 is 0 Å². The number of carbonyl (C=O) groups is 1. The Balaban J connectivity index is 1.69. The van der Waals surface area contributed by atoms with Crippen molar-refractivity contribution in [1.82, 2.24) is 9.97 Å². The van der Waals surface area contributed by atoms with E-state index in [-0.39, 0.29) is 16.8 Å². The maximum Gasteiger partial charge on any atom is 0.258 e. The fourth-order valence-corrected chi connectivity index (χ4v) is 4.98. The van der Waals surface area contributed by atoms with Gasteiger partial charge in [0.25, 0.3) is 5.56 Å². The first-order valence-electron chi connectivity index (χ1n) is 11.0. The van der Waals surface area contributed by atoms with Crippen molar-refractivity contribution in [3.8, 4) is 5.75 Å². The van der Waals surface area contributed by atoms with Crippen molar-refractivity contribution in [3.05, 3.63) is 57.0 Å². The van der Waals surface area contributed by atoms with Gasteiger partial charge in [-0.3, -0.25) is 14.6 Å². The van der Waals surface area contributed by atoms with Gasteiger partial charge in [-0.1, -0.05) is 26.0 Å². The number of carbonyl (C=O) groups excluding carboxylic acids is 1. The van der Waals surface area contributed by atoms with Gasteiger partial charge in [0, 0.05) is 36.7 Å². The molecule has 1 aromatic heterocycles. The number of aromatic nitrogens is 2. The van der Waals surface area contributed by atoms with Gasteiger partial charge in [-0.15, -0.1) is 0 Å². The second kappa shape index (κ2) is 7.78. The van der Waals surface area contributed by atoms with Crippen LogP contribution < -0.4 is 20.5 Å². The van der Waals surface area contributed by atoms with Gasteiger partial charge < -0.3 is 19.7 Å². The van der Waals surface area contributed by atoms with E-state index in [1.165, 1.54) is 0 Å². The molecule has 1 aromatic carbocycles. The van der Waals surface area contributed by atoms with Crippen molar-refractivity contribution in [2.45, 2.75) is 32.6 Å². The van der Waals surface area contributed by atoms with Gasteiger partial charge in [0.05, 0.1) is 25.9 Å². The first kappa shape index (κ1) is 20.8. The maximum atomic E-state index is 13.4. The number of morpholine rings is 1. The zero-order valence-corrected chi connectivity index (χ0v) is 18.7. The van der Waals surface area contributed by atoms with Gasteiger partial charge in [0.1, 0.15) is 11.6 Å². The summed E-state index contributed by atoms with van der Waals surface area (Å²) in [6.07, 6.45) is 1.16. The van der Waals surface area contributed by atoms with E-state index in [0.29, 0.717) is 61.4 Å². The fourth-order valence-electron chi connectivity index (χ4n) is 4.98. The summed E-state index contributed by atoms with van der Waals surface area (Å²) in [5, 5.41) is 3.37. The van der Waals surface area contributed by atoms with Crippen molar-refractivity contribution in [3.63, 3.8) is 0 Å². The molecule has 2 N–H and O–H groups in total. The molecule has 0 spiro atoms. The van der Waals surface area contributed by atoms with Gasteiger partial charge in [-0.25, -0.2) is 0 Å².